The fourth-order valence-electron chi connectivity index (χ4n) is 1.75. The number of benzene rings is 1. The second-order valence-electron chi connectivity index (χ2n) is 4.03. The van der Waals surface area contributed by atoms with Crippen molar-refractivity contribution in [3.8, 4) is 0 Å². The molecule has 0 spiro atoms. The third-order valence-corrected chi connectivity index (χ3v) is 4.83. The Morgan fingerprint density at radius 1 is 1.11 bits per heavy atom. The van der Waals surface area contributed by atoms with Crippen LogP contribution in [0.15, 0.2) is 59.2 Å². The molecule has 0 N–H and O–H groups in total. The molecule has 2 heterocycles. The van der Waals surface area contributed by atoms with Crippen LogP contribution in [-0.2, 0) is 0 Å². The number of nitrogens with zero attached hydrogens (tertiary/aromatic N) is 1. The zero-order valence-corrected chi connectivity index (χ0v) is 11.8. The number of Topliss-reactive ketones (excluding diaryl/α,β-unsaturated/α-hetero) is 1. The Morgan fingerprint density at radius 2 is 1.95 bits per heavy atom. The van der Waals surface area contributed by atoms with Crippen LogP contribution in [0.25, 0.3) is 11.1 Å². The molecule has 0 saturated carbocycles. The van der Waals surface area contributed by atoms with Gasteiger partial charge in [-0.25, -0.2) is 0 Å². The predicted molar refractivity (Wildman–Crippen MR) is 75.0 cm³/mol. The van der Waals surface area contributed by atoms with Crippen molar-refractivity contribution in [2.75, 3.05) is 0 Å². The number of rotatable bonds is 4. The van der Waals surface area contributed by atoms with Gasteiger partial charge in [0, 0.05) is 0 Å². The van der Waals surface area contributed by atoms with Crippen molar-refractivity contribution in [1.29, 1.82) is 0 Å². The molecule has 0 saturated heterocycles. The Balaban J connectivity index is 1.73. The molecule has 3 rings (SSSR count). The number of aromatic nitrogens is 1. The standard InChI is InChI=1S/C15H11NO2Se/c17-14(10-19-11-4-2-1-3-5-11)12-6-7-15-13(16-12)8-9-18-15/h1-9H,10H2. The first-order valence-corrected chi connectivity index (χ1v) is 7.95. The van der Waals surface area contributed by atoms with Gasteiger partial charge >= 0.3 is 116 Å². The van der Waals surface area contributed by atoms with Crippen molar-refractivity contribution in [3.63, 3.8) is 0 Å². The molecular weight excluding hydrogens is 305 g/mol. The van der Waals surface area contributed by atoms with Crippen molar-refractivity contribution in [2.45, 2.75) is 5.32 Å². The number of ketones is 1. The SMILES string of the molecule is O=C(C[Se]c1ccccc1)c1ccc2occc2n1. The number of hydrogen-bond acceptors (Lipinski definition) is 3. The molecule has 0 aliphatic carbocycles. The minimum atomic E-state index is 0.0898. The molecule has 0 aliphatic heterocycles. The number of hydrogen-bond donors (Lipinski definition) is 0. The first kappa shape index (κ1) is 12.1. The van der Waals surface area contributed by atoms with E-state index in [-0.39, 0.29) is 20.7 Å². The van der Waals surface area contributed by atoms with E-state index < -0.39 is 0 Å². The molecule has 0 fully saturated rings. The topological polar surface area (TPSA) is 43.1 Å². The summed E-state index contributed by atoms with van der Waals surface area (Å²) in [5.41, 5.74) is 1.97. The predicted octanol–water partition coefficient (Wildman–Crippen LogP) is 2.46. The molecule has 0 bridgehead atoms. The van der Waals surface area contributed by atoms with Crippen LogP contribution in [0, 0.1) is 0 Å². The third kappa shape index (κ3) is 2.75. The van der Waals surface area contributed by atoms with Crippen LogP contribution in [0.5, 0.6) is 0 Å². The summed E-state index contributed by atoms with van der Waals surface area (Å²) in [6, 6.07) is 15.4. The van der Waals surface area contributed by atoms with Gasteiger partial charge in [-0.1, -0.05) is 0 Å². The van der Waals surface area contributed by atoms with Crippen molar-refractivity contribution < 1.29 is 9.21 Å². The second kappa shape index (κ2) is 5.39. The Bertz CT molecular complexity index is 706. The summed E-state index contributed by atoms with van der Waals surface area (Å²) in [5.74, 6) is 0.0898. The maximum atomic E-state index is 12.1. The van der Waals surface area contributed by atoms with E-state index in [0.29, 0.717) is 16.6 Å². The zero-order valence-electron chi connectivity index (χ0n) is 10.1. The van der Waals surface area contributed by atoms with Gasteiger partial charge in [0.25, 0.3) is 0 Å². The molecule has 0 amide bonds. The van der Waals surface area contributed by atoms with Crippen molar-refractivity contribution in [1.82, 2.24) is 4.98 Å². The monoisotopic (exact) mass is 317 g/mol. The molecule has 2 aromatic heterocycles. The fraction of sp³-hybridized carbons (Fsp3) is 0.0667. The number of pyridine rings is 1. The molecule has 0 unspecified atom stereocenters. The van der Waals surface area contributed by atoms with Gasteiger partial charge < -0.3 is 0 Å². The fourth-order valence-corrected chi connectivity index (χ4v) is 3.42. The molecule has 94 valence electrons. The first-order chi connectivity index (χ1) is 9.33. The van der Waals surface area contributed by atoms with Crippen LogP contribution in [0.3, 0.4) is 0 Å². The van der Waals surface area contributed by atoms with Crippen LogP contribution < -0.4 is 4.46 Å². The second-order valence-corrected chi connectivity index (χ2v) is 6.23. The van der Waals surface area contributed by atoms with E-state index in [2.05, 4.69) is 17.1 Å². The molecule has 0 aliphatic rings. The van der Waals surface area contributed by atoms with Gasteiger partial charge in [-0.2, -0.15) is 0 Å². The average Bonchev–Trinajstić information content (AvgIpc) is 2.93. The van der Waals surface area contributed by atoms with E-state index >= 15 is 0 Å². The zero-order chi connectivity index (χ0) is 13.1. The van der Waals surface area contributed by atoms with E-state index in [0.717, 1.165) is 5.52 Å². The number of furan rings is 1. The van der Waals surface area contributed by atoms with E-state index in [1.807, 2.05) is 18.2 Å². The summed E-state index contributed by atoms with van der Waals surface area (Å²) in [4.78, 5) is 16.4. The van der Waals surface area contributed by atoms with Gasteiger partial charge in [-0.15, -0.1) is 0 Å². The summed E-state index contributed by atoms with van der Waals surface area (Å²) < 4.78 is 6.44. The van der Waals surface area contributed by atoms with Crippen molar-refractivity contribution >= 4 is 36.3 Å². The van der Waals surface area contributed by atoms with Gasteiger partial charge in [-0.3, -0.25) is 0 Å². The third-order valence-electron chi connectivity index (χ3n) is 2.71. The van der Waals surface area contributed by atoms with Gasteiger partial charge in [0.05, 0.1) is 0 Å². The minimum absolute atomic E-state index is 0.0898. The first-order valence-electron chi connectivity index (χ1n) is 5.88. The van der Waals surface area contributed by atoms with Crippen LogP contribution in [0.1, 0.15) is 10.5 Å². The summed E-state index contributed by atoms with van der Waals surface area (Å²) >= 11 is 0.158. The summed E-state index contributed by atoms with van der Waals surface area (Å²) in [5, 5.41) is 0.535. The Hall–Kier alpha value is -1.90. The molecule has 3 nitrogen and oxygen atoms in total. The van der Waals surface area contributed by atoms with Crippen LogP contribution >= 0.6 is 0 Å². The van der Waals surface area contributed by atoms with Crippen molar-refractivity contribution in [2.24, 2.45) is 0 Å². The summed E-state index contributed by atoms with van der Waals surface area (Å²) in [7, 11) is 0. The Morgan fingerprint density at radius 3 is 2.79 bits per heavy atom. The van der Waals surface area contributed by atoms with E-state index in [1.54, 1.807) is 24.5 Å². The van der Waals surface area contributed by atoms with Gasteiger partial charge in [-0.05, 0) is 0 Å². The quantitative estimate of drug-likeness (QED) is 0.548. The normalized spacial score (nSPS) is 10.7. The molecular formula is C15H11NO2Se. The molecule has 0 radical (unpaired) electrons. The van der Waals surface area contributed by atoms with E-state index in [9.17, 15) is 4.79 Å². The number of carbonyl (C=O) groups is 1. The maximum absolute atomic E-state index is 12.1. The molecule has 4 heteroatoms. The molecule has 1 aromatic carbocycles. The van der Waals surface area contributed by atoms with Gasteiger partial charge in [0.15, 0.2) is 0 Å². The number of fused-ring (bicyclic) bond motifs is 1. The number of carbonyl (C=O) groups excluding carboxylic acids is 1. The van der Waals surface area contributed by atoms with Gasteiger partial charge in [0.2, 0.25) is 0 Å². The van der Waals surface area contributed by atoms with E-state index in [4.69, 9.17) is 4.42 Å². The van der Waals surface area contributed by atoms with Gasteiger partial charge in [0.1, 0.15) is 0 Å². The van der Waals surface area contributed by atoms with Crippen LogP contribution in [-0.4, -0.2) is 25.7 Å². The Labute approximate surface area is 116 Å². The van der Waals surface area contributed by atoms with Crippen molar-refractivity contribution in [3.05, 3.63) is 60.5 Å². The Kier molecular flexibility index (Phi) is 3.45. The average molecular weight is 316 g/mol. The summed E-state index contributed by atoms with van der Waals surface area (Å²) in [6.07, 6.45) is 1.58. The summed E-state index contributed by atoms with van der Waals surface area (Å²) in [6.45, 7) is 0. The van der Waals surface area contributed by atoms with E-state index in [1.165, 1.54) is 4.46 Å². The van der Waals surface area contributed by atoms with Crippen LogP contribution in [0.4, 0.5) is 0 Å². The van der Waals surface area contributed by atoms with Crippen LogP contribution in [0.2, 0.25) is 5.32 Å². The molecule has 3 aromatic rings. The molecule has 19 heavy (non-hydrogen) atoms. The molecule has 0 atom stereocenters.